The second-order valence-corrected chi connectivity index (χ2v) is 13.3. The van der Waals surface area contributed by atoms with Gasteiger partial charge < -0.3 is 33.1 Å². The van der Waals surface area contributed by atoms with E-state index in [1.807, 2.05) is 0 Å². The largest absolute Gasteiger partial charge is 0.481 e. The molecule has 8 fully saturated rings. The van der Waals surface area contributed by atoms with Gasteiger partial charge in [0.2, 0.25) is 0 Å². The van der Waals surface area contributed by atoms with Crippen molar-refractivity contribution in [2.24, 2.45) is 44.6 Å². The highest BCUT2D eigenvalue weighted by Gasteiger charge is 2.78. The second kappa shape index (κ2) is 4.75. The van der Waals surface area contributed by atoms with Crippen molar-refractivity contribution in [2.45, 2.75) is 99.2 Å². The molecule has 8 aliphatic carbocycles. The zero-order chi connectivity index (χ0) is 21.6. The summed E-state index contributed by atoms with van der Waals surface area (Å²) in [5.41, 5.74) is 22.3. The van der Waals surface area contributed by atoms with E-state index in [1.165, 1.54) is 0 Å². The van der Waals surface area contributed by atoms with Gasteiger partial charge in [-0.2, -0.15) is 0 Å². The Bertz CT molecular complexity index is 794. The molecule has 8 bridgehead atoms. The first-order valence-electron chi connectivity index (χ1n) is 11.2. The highest BCUT2D eigenvalue weighted by Crippen LogP contribution is 2.79. The Morgan fingerprint density at radius 3 is 0.967 bits per heavy atom. The van der Waals surface area contributed by atoms with Crippen LogP contribution in [-0.4, -0.2) is 44.3 Å². The Labute approximate surface area is 176 Å². The van der Waals surface area contributed by atoms with E-state index in [4.69, 9.17) is 22.9 Å². The van der Waals surface area contributed by atoms with Gasteiger partial charge in [-0.3, -0.25) is 9.59 Å². The minimum Gasteiger partial charge on any atom is -0.481 e. The first-order valence-corrected chi connectivity index (χ1v) is 11.2. The predicted octanol–water partition coefficient (Wildman–Crippen LogP) is 0.654. The fourth-order valence-corrected chi connectivity index (χ4v) is 11.2. The summed E-state index contributed by atoms with van der Waals surface area (Å²) >= 11 is 0. The molecule has 8 rings (SSSR count). The fraction of sp³-hybridized carbons (Fsp3) is 0.909. The van der Waals surface area contributed by atoms with Crippen molar-refractivity contribution in [3.05, 3.63) is 0 Å². The molecule has 0 aromatic rings. The standard InChI is InChI=1S/C22H34N4O4/c23-19-3-15(13(27)28)1-17(7-19,8-20(24,4-15)11-19)18-2-16(14(29)30)5-21(25,9-18)12-22(26,6-16)10-18/h1-12,23-26H2,(H,27,28)(H,29,30). The summed E-state index contributed by atoms with van der Waals surface area (Å²) in [6, 6.07) is 0. The molecule has 4 atom stereocenters. The lowest BCUT2D eigenvalue weighted by atomic mass is 9.28. The first-order chi connectivity index (χ1) is 13.6. The molecule has 0 aromatic heterocycles. The molecule has 0 spiro atoms. The molecule has 166 valence electrons. The normalized spacial score (nSPS) is 62.7. The van der Waals surface area contributed by atoms with Crippen LogP contribution >= 0.6 is 0 Å². The molecule has 4 unspecified atom stereocenters. The second-order valence-electron chi connectivity index (χ2n) is 13.3. The van der Waals surface area contributed by atoms with Crippen LogP contribution in [0.25, 0.3) is 0 Å². The van der Waals surface area contributed by atoms with Crippen molar-refractivity contribution >= 4 is 11.9 Å². The maximum Gasteiger partial charge on any atom is 0.309 e. The predicted molar refractivity (Wildman–Crippen MR) is 108 cm³/mol. The molecule has 8 heteroatoms. The van der Waals surface area contributed by atoms with Crippen molar-refractivity contribution in [1.29, 1.82) is 0 Å². The van der Waals surface area contributed by atoms with E-state index in [0.29, 0.717) is 77.0 Å². The van der Waals surface area contributed by atoms with Gasteiger partial charge in [0.25, 0.3) is 0 Å². The van der Waals surface area contributed by atoms with Crippen LogP contribution in [0.3, 0.4) is 0 Å². The lowest BCUT2D eigenvalue weighted by molar-refractivity contribution is -0.254. The molecule has 0 saturated heterocycles. The molecule has 0 aromatic carbocycles. The van der Waals surface area contributed by atoms with Crippen molar-refractivity contribution in [3.8, 4) is 0 Å². The van der Waals surface area contributed by atoms with E-state index < -0.39 is 55.8 Å². The molecule has 30 heavy (non-hydrogen) atoms. The maximum atomic E-state index is 12.5. The zero-order valence-corrected chi connectivity index (χ0v) is 17.5. The van der Waals surface area contributed by atoms with E-state index in [9.17, 15) is 19.8 Å². The van der Waals surface area contributed by atoms with Crippen LogP contribution in [-0.2, 0) is 9.59 Å². The summed E-state index contributed by atoms with van der Waals surface area (Å²) in [5.74, 6) is -1.61. The fourth-order valence-electron chi connectivity index (χ4n) is 11.2. The molecular formula is C22H34N4O4. The minimum absolute atomic E-state index is 0.416. The number of hydrogen-bond donors (Lipinski definition) is 6. The monoisotopic (exact) mass is 418 g/mol. The molecule has 10 N–H and O–H groups in total. The Morgan fingerprint density at radius 1 is 0.467 bits per heavy atom. The van der Waals surface area contributed by atoms with Gasteiger partial charge in [0.05, 0.1) is 10.8 Å². The van der Waals surface area contributed by atoms with Gasteiger partial charge in [-0.1, -0.05) is 0 Å². The van der Waals surface area contributed by atoms with Gasteiger partial charge in [0.15, 0.2) is 0 Å². The quantitative estimate of drug-likeness (QED) is 0.386. The van der Waals surface area contributed by atoms with E-state index in [-0.39, 0.29) is 0 Å². The van der Waals surface area contributed by atoms with Crippen LogP contribution < -0.4 is 22.9 Å². The van der Waals surface area contributed by atoms with Crippen LogP contribution in [0.5, 0.6) is 0 Å². The van der Waals surface area contributed by atoms with Crippen LogP contribution in [0.15, 0.2) is 0 Å². The van der Waals surface area contributed by atoms with Crippen molar-refractivity contribution < 1.29 is 19.8 Å². The Hall–Kier alpha value is -1.22. The molecular weight excluding hydrogens is 384 g/mol. The third-order valence-electron chi connectivity index (χ3n) is 10.3. The molecule has 8 aliphatic rings. The van der Waals surface area contributed by atoms with Gasteiger partial charge in [-0.15, -0.1) is 0 Å². The highest BCUT2D eigenvalue weighted by atomic mass is 16.4. The van der Waals surface area contributed by atoms with Crippen LogP contribution in [0.4, 0.5) is 0 Å². The van der Waals surface area contributed by atoms with Gasteiger partial charge >= 0.3 is 11.9 Å². The van der Waals surface area contributed by atoms with Crippen molar-refractivity contribution in [1.82, 2.24) is 0 Å². The number of carboxylic acid groups (broad SMARTS) is 2. The minimum atomic E-state index is -0.929. The number of hydrogen-bond acceptors (Lipinski definition) is 6. The van der Waals surface area contributed by atoms with Gasteiger partial charge in [0, 0.05) is 22.2 Å². The third-order valence-corrected chi connectivity index (χ3v) is 10.3. The third kappa shape index (κ3) is 2.11. The van der Waals surface area contributed by atoms with E-state index in [1.54, 1.807) is 0 Å². The average molecular weight is 419 g/mol. The Balaban J connectivity index is 1.55. The smallest absolute Gasteiger partial charge is 0.309 e. The Kier molecular flexibility index (Phi) is 3.08. The van der Waals surface area contributed by atoms with Crippen LogP contribution in [0.1, 0.15) is 77.0 Å². The van der Waals surface area contributed by atoms with Crippen molar-refractivity contribution in [3.63, 3.8) is 0 Å². The SMILES string of the molecule is NC12CC3(N)CC(C(=O)O)(C1)CC(C14CC5(N)CC(N)(CC(C(=O)O)(C5)C1)C4)(C2)C3. The van der Waals surface area contributed by atoms with Gasteiger partial charge in [-0.25, -0.2) is 0 Å². The number of nitrogens with two attached hydrogens (primary N) is 4. The molecule has 8 saturated carbocycles. The summed E-state index contributed by atoms with van der Waals surface area (Å²) in [7, 11) is 0. The van der Waals surface area contributed by atoms with Crippen LogP contribution in [0, 0.1) is 21.7 Å². The van der Waals surface area contributed by atoms with Crippen molar-refractivity contribution in [2.75, 3.05) is 0 Å². The van der Waals surface area contributed by atoms with E-state index in [0.717, 1.165) is 0 Å². The molecule has 0 amide bonds. The van der Waals surface area contributed by atoms with Gasteiger partial charge in [-0.05, 0) is 87.9 Å². The summed E-state index contributed by atoms with van der Waals surface area (Å²) in [5, 5.41) is 20.6. The van der Waals surface area contributed by atoms with E-state index in [2.05, 4.69) is 0 Å². The lowest BCUT2D eigenvalue weighted by Gasteiger charge is -2.78. The Morgan fingerprint density at radius 2 is 0.733 bits per heavy atom. The van der Waals surface area contributed by atoms with Crippen LogP contribution in [0.2, 0.25) is 0 Å². The first kappa shape index (κ1) is 19.5. The summed E-state index contributed by atoms with van der Waals surface area (Å²) in [6.07, 6.45) is 6.96. The number of aliphatic carboxylic acids is 2. The zero-order valence-electron chi connectivity index (χ0n) is 17.5. The molecule has 0 aliphatic heterocycles. The average Bonchev–Trinajstić information content (AvgIpc) is 2.47. The van der Waals surface area contributed by atoms with Gasteiger partial charge in [0.1, 0.15) is 0 Å². The number of rotatable bonds is 3. The maximum absolute atomic E-state index is 12.5. The number of carbonyl (C=O) groups is 2. The topological polar surface area (TPSA) is 179 Å². The highest BCUT2D eigenvalue weighted by molar-refractivity contribution is 5.77. The summed E-state index contributed by atoms with van der Waals surface area (Å²) in [6.45, 7) is 0. The van der Waals surface area contributed by atoms with E-state index >= 15 is 0 Å². The molecule has 8 nitrogen and oxygen atoms in total. The molecule has 0 radical (unpaired) electrons. The summed E-state index contributed by atoms with van der Waals surface area (Å²) < 4.78 is 0. The molecule has 0 heterocycles. The number of carboxylic acids is 2. The summed E-state index contributed by atoms with van der Waals surface area (Å²) in [4.78, 5) is 25.1. The lowest BCUT2D eigenvalue weighted by Crippen LogP contribution is -2.81.